The van der Waals surface area contributed by atoms with Gasteiger partial charge in [0.15, 0.2) is 11.6 Å². The lowest BCUT2D eigenvalue weighted by atomic mass is 10.2. The average molecular weight is 297 g/mol. The Bertz CT molecular complexity index is 545. The van der Waals surface area contributed by atoms with Gasteiger partial charge in [-0.2, -0.15) is 0 Å². The molecule has 2 rings (SSSR count). The van der Waals surface area contributed by atoms with E-state index in [4.69, 9.17) is 0 Å². The van der Waals surface area contributed by atoms with Crippen LogP contribution in [0.2, 0.25) is 0 Å². The summed E-state index contributed by atoms with van der Waals surface area (Å²) in [7, 11) is 1.46. The topological polar surface area (TPSA) is 52.7 Å². The number of carbonyl (C=O) groups is 2. The molecule has 1 saturated heterocycles. The minimum atomic E-state index is -1.08. The van der Waals surface area contributed by atoms with Crippen molar-refractivity contribution >= 4 is 11.8 Å². The third-order valence-electron chi connectivity index (χ3n) is 3.36. The fourth-order valence-electron chi connectivity index (χ4n) is 2.14. The minimum Gasteiger partial charge on any atom is -0.339 e. The summed E-state index contributed by atoms with van der Waals surface area (Å²) in [6.07, 6.45) is 0. The van der Waals surface area contributed by atoms with Crippen LogP contribution in [-0.2, 0) is 4.79 Å². The molecule has 2 amide bonds. The molecule has 7 heteroatoms. The standard InChI is InChI=1S/C14H17F2N3O2/c1-18(9-13(20)19-6-4-17-5-7-19)14(21)10-2-3-11(15)12(16)8-10/h2-3,8,17H,4-7,9H2,1H3. The maximum absolute atomic E-state index is 13.1. The highest BCUT2D eigenvalue weighted by Gasteiger charge is 2.21. The number of carbonyl (C=O) groups excluding carboxylic acids is 2. The predicted octanol–water partition coefficient (Wildman–Crippen LogP) is 0.469. The minimum absolute atomic E-state index is 0.0181. The van der Waals surface area contributed by atoms with Crippen LogP contribution in [0.15, 0.2) is 18.2 Å². The van der Waals surface area contributed by atoms with E-state index in [0.717, 1.165) is 25.2 Å². The molecule has 1 aromatic carbocycles. The van der Waals surface area contributed by atoms with E-state index in [1.165, 1.54) is 18.0 Å². The summed E-state index contributed by atoms with van der Waals surface area (Å²) >= 11 is 0. The number of likely N-dealkylation sites (N-methyl/N-ethyl adjacent to an activating group) is 1. The average Bonchev–Trinajstić information content (AvgIpc) is 2.50. The molecule has 0 unspecified atom stereocenters. The van der Waals surface area contributed by atoms with Gasteiger partial charge in [0.05, 0.1) is 6.54 Å². The van der Waals surface area contributed by atoms with Crippen molar-refractivity contribution in [3.8, 4) is 0 Å². The van der Waals surface area contributed by atoms with E-state index in [-0.39, 0.29) is 18.0 Å². The van der Waals surface area contributed by atoms with Gasteiger partial charge in [0.25, 0.3) is 5.91 Å². The molecule has 1 fully saturated rings. The zero-order valence-electron chi connectivity index (χ0n) is 11.7. The molecule has 1 heterocycles. The number of piperazine rings is 1. The van der Waals surface area contributed by atoms with Crippen molar-refractivity contribution in [2.24, 2.45) is 0 Å². The van der Waals surface area contributed by atoms with Crippen LogP contribution in [0.3, 0.4) is 0 Å². The van der Waals surface area contributed by atoms with Crippen LogP contribution < -0.4 is 5.32 Å². The second kappa shape index (κ2) is 6.62. The van der Waals surface area contributed by atoms with Gasteiger partial charge in [0.1, 0.15) is 0 Å². The third-order valence-corrected chi connectivity index (χ3v) is 3.36. The van der Waals surface area contributed by atoms with Gasteiger partial charge in [0, 0.05) is 38.8 Å². The third kappa shape index (κ3) is 3.75. The summed E-state index contributed by atoms with van der Waals surface area (Å²) < 4.78 is 26.0. The Morgan fingerprint density at radius 3 is 2.52 bits per heavy atom. The van der Waals surface area contributed by atoms with Crippen molar-refractivity contribution in [3.05, 3.63) is 35.4 Å². The second-order valence-corrected chi connectivity index (χ2v) is 4.92. The van der Waals surface area contributed by atoms with E-state index in [2.05, 4.69) is 5.32 Å². The van der Waals surface area contributed by atoms with Crippen LogP contribution in [0.4, 0.5) is 8.78 Å². The van der Waals surface area contributed by atoms with E-state index in [0.29, 0.717) is 13.1 Å². The number of halogens is 2. The maximum atomic E-state index is 13.1. The summed E-state index contributed by atoms with van der Waals surface area (Å²) in [5, 5.41) is 3.13. The Labute approximate surface area is 121 Å². The molecule has 0 bridgehead atoms. The molecule has 0 spiro atoms. The molecule has 1 aliphatic rings. The Balaban J connectivity index is 1.98. The molecular formula is C14H17F2N3O2. The number of hydrogen-bond donors (Lipinski definition) is 1. The molecule has 0 aromatic heterocycles. The lowest BCUT2D eigenvalue weighted by Crippen LogP contribution is -2.49. The highest BCUT2D eigenvalue weighted by Crippen LogP contribution is 2.10. The van der Waals surface area contributed by atoms with E-state index in [1.807, 2.05) is 0 Å². The Morgan fingerprint density at radius 1 is 1.24 bits per heavy atom. The molecule has 1 N–H and O–H groups in total. The quantitative estimate of drug-likeness (QED) is 0.882. The zero-order valence-corrected chi connectivity index (χ0v) is 11.7. The summed E-state index contributed by atoms with van der Waals surface area (Å²) in [6, 6.07) is 2.94. The van der Waals surface area contributed by atoms with Gasteiger partial charge in [-0.25, -0.2) is 8.78 Å². The van der Waals surface area contributed by atoms with Gasteiger partial charge in [-0.15, -0.1) is 0 Å². The molecule has 0 atom stereocenters. The number of rotatable bonds is 3. The van der Waals surface area contributed by atoms with Crippen LogP contribution >= 0.6 is 0 Å². The number of hydrogen-bond acceptors (Lipinski definition) is 3. The first-order valence-electron chi connectivity index (χ1n) is 6.68. The first-order valence-corrected chi connectivity index (χ1v) is 6.68. The molecule has 21 heavy (non-hydrogen) atoms. The van der Waals surface area contributed by atoms with E-state index < -0.39 is 17.5 Å². The number of nitrogens with one attached hydrogen (secondary N) is 1. The van der Waals surface area contributed by atoms with E-state index >= 15 is 0 Å². The van der Waals surface area contributed by atoms with Gasteiger partial charge in [-0.1, -0.05) is 0 Å². The smallest absolute Gasteiger partial charge is 0.254 e. The van der Waals surface area contributed by atoms with Crippen LogP contribution in [0.1, 0.15) is 10.4 Å². The van der Waals surface area contributed by atoms with Gasteiger partial charge < -0.3 is 15.1 Å². The zero-order chi connectivity index (χ0) is 15.4. The Morgan fingerprint density at radius 2 is 1.90 bits per heavy atom. The van der Waals surface area contributed by atoms with Crippen LogP contribution in [0.5, 0.6) is 0 Å². The van der Waals surface area contributed by atoms with Crippen LogP contribution in [0.25, 0.3) is 0 Å². The Hall–Kier alpha value is -2.02. The lowest BCUT2D eigenvalue weighted by Gasteiger charge is -2.29. The fourth-order valence-corrected chi connectivity index (χ4v) is 2.14. The number of nitrogens with zero attached hydrogens (tertiary/aromatic N) is 2. The van der Waals surface area contributed by atoms with Crippen LogP contribution in [0, 0.1) is 11.6 Å². The highest BCUT2D eigenvalue weighted by molar-refractivity contribution is 5.96. The van der Waals surface area contributed by atoms with Crippen molar-refractivity contribution in [2.75, 3.05) is 39.8 Å². The van der Waals surface area contributed by atoms with Crippen molar-refractivity contribution in [1.29, 1.82) is 0 Å². The van der Waals surface area contributed by atoms with Crippen molar-refractivity contribution < 1.29 is 18.4 Å². The first kappa shape index (κ1) is 15.4. The highest BCUT2D eigenvalue weighted by atomic mass is 19.2. The second-order valence-electron chi connectivity index (χ2n) is 4.92. The SMILES string of the molecule is CN(CC(=O)N1CCNCC1)C(=O)c1ccc(F)c(F)c1. The molecular weight excluding hydrogens is 280 g/mol. The first-order chi connectivity index (χ1) is 9.99. The van der Waals surface area contributed by atoms with Crippen molar-refractivity contribution in [3.63, 3.8) is 0 Å². The molecule has 1 aliphatic heterocycles. The Kier molecular flexibility index (Phi) is 4.85. The molecule has 114 valence electrons. The largest absolute Gasteiger partial charge is 0.339 e. The molecule has 0 saturated carbocycles. The van der Waals surface area contributed by atoms with Crippen molar-refractivity contribution in [1.82, 2.24) is 15.1 Å². The fraction of sp³-hybridized carbons (Fsp3) is 0.429. The lowest BCUT2D eigenvalue weighted by molar-refractivity contribution is -0.132. The summed E-state index contributed by atoms with van der Waals surface area (Å²) in [6.45, 7) is 2.58. The normalized spacial score (nSPS) is 14.9. The summed E-state index contributed by atoms with van der Waals surface area (Å²) in [4.78, 5) is 27.0. The molecule has 5 nitrogen and oxygen atoms in total. The van der Waals surface area contributed by atoms with Gasteiger partial charge >= 0.3 is 0 Å². The molecule has 1 aromatic rings. The number of amides is 2. The maximum Gasteiger partial charge on any atom is 0.254 e. The van der Waals surface area contributed by atoms with Gasteiger partial charge in [-0.3, -0.25) is 9.59 Å². The summed E-state index contributed by atoms with van der Waals surface area (Å²) in [5.74, 6) is -2.76. The predicted molar refractivity (Wildman–Crippen MR) is 72.8 cm³/mol. The monoisotopic (exact) mass is 297 g/mol. The van der Waals surface area contributed by atoms with Gasteiger partial charge in [-0.05, 0) is 18.2 Å². The van der Waals surface area contributed by atoms with Crippen LogP contribution in [-0.4, -0.2) is 61.4 Å². The summed E-state index contributed by atoms with van der Waals surface area (Å²) in [5.41, 5.74) is 0.0181. The molecule has 0 radical (unpaired) electrons. The van der Waals surface area contributed by atoms with Crippen molar-refractivity contribution in [2.45, 2.75) is 0 Å². The van der Waals surface area contributed by atoms with E-state index in [1.54, 1.807) is 4.90 Å². The van der Waals surface area contributed by atoms with Gasteiger partial charge in [0.2, 0.25) is 5.91 Å². The van der Waals surface area contributed by atoms with E-state index in [9.17, 15) is 18.4 Å². The number of benzene rings is 1. The molecule has 0 aliphatic carbocycles.